The molecule has 1 atom stereocenters. The molecule has 0 radical (unpaired) electrons. The summed E-state index contributed by atoms with van der Waals surface area (Å²) in [5.74, 6) is 0.780. The smallest absolute Gasteiger partial charge is 0.287 e. The van der Waals surface area contributed by atoms with E-state index in [0.29, 0.717) is 24.8 Å². The van der Waals surface area contributed by atoms with Crippen molar-refractivity contribution in [1.29, 1.82) is 0 Å². The van der Waals surface area contributed by atoms with E-state index in [4.69, 9.17) is 4.42 Å². The van der Waals surface area contributed by atoms with Crippen LogP contribution in [0, 0.1) is 13.8 Å². The maximum Gasteiger partial charge on any atom is 0.287 e. The highest BCUT2D eigenvalue weighted by atomic mass is 16.3. The second-order valence-electron chi connectivity index (χ2n) is 6.25. The lowest BCUT2D eigenvalue weighted by Gasteiger charge is -2.18. The molecule has 2 aromatic heterocycles. The van der Waals surface area contributed by atoms with Gasteiger partial charge in [0.2, 0.25) is 0 Å². The van der Waals surface area contributed by atoms with Crippen LogP contribution in [0.3, 0.4) is 0 Å². The minimum atomic E-state index is -0.226. The SMILES string of the molecule is CN=C(NCCNC(=O)c1ccco1)NC(C)Cc1c(C)nn(C)c1C. The lowest BCUT2D eigenvalue weighted by atomic mass is 10.1. The Bertz CT molecular complexity index is 748. The Kier molecular flexibility index (Phi) is 6.82. The first-order valence-corrected chi connectivity index (χ1v) is 8.70. The summed E-state index contributed by atoms with van der Waals surface area (Å²) < 4.78 is 6.96. The Morgan fingerprint density at radius 3 is 2.65 bits per heavy atom. The molecule has 0 aliphatic carbocycles. The molecule has 0 fully saturated rings. The van der Waals surface area contributed by atoms with Crippen LogP contribution in [0.2, 0.25) is 0 Å². The molecule has 2 heterocycles. The zero-order valence-electron chi connectivity index (χ0n) is 16.1. The highest BCUT2D eigenvalue weighted by Crippen LogP contribution is 2.14. The standard InChI is InChI=1S/C18H28N6O2/c1-12(11-15-13(2)23-24(5)14(15)3)22-18(19-4)21-9-8-20-17(25)16-7-6-10-26-16/h6-7,10,12H,8-9,11H2,1-5H3,(H,20,25)(H2,19,21,22). The number of rotatable bonds is 7. The highest BCUT2D eigenvalue weighted by Gasteiger charge is 2.14. The van der Waals surface area contributed by atoms with Gasteiger partial charge in [0.05, 0.1) is 12.0 Å². The number of aliphatic imine (C=N–C) groups is 1. The second-order valence-corrected chi connectivity index (χ2v) is 6.25. The predicted octanol–water partition coefficient (Wildman–Crippen LogP) is 1.16. The number of aryl methyl sites for hydroxylation is 2. The van der Waals surface area contributed by atoms with Crippen molar-refractivity contribution in [3.8, 4) is 0 Å². The number of nitrogens with zero attached hydrogens (tertiary/aromatic N) is 3. The fraction of sp³-hybridized carbons (Fsp3) is 0.500. The van der Waals surface area contributed by atoms with Crippen LogP contribution in [0.4, 0.5) is 0 Å². The molecular formula is C18H28N6O2. The zero-order chi connectivity index (χ0) is 19.1. The Hall–Kier alpha value is -2.77. The van der Waals surface area contributed by atoms with Crippen molar-refractivity contribution in [2.45, 2.75) is 33.2 Å². The van der Waals surface area contributed by atoms with Gasteiger partial charge in [-0.05, 0) is 44.9 Å². The molecule has 0 spiro atoms. The molecular weight excluding hydrogens is 332 g/mol. The van der Waals surface area contributed by atoms with E-state index in [1.54, 1.807) is 19.2 Å². The molecule has 3 N–H and O–H groups in total. The first-order valence-electron chi connectivity index (χ1n) is 8.70. The number of nitrogens with one attached hydrogen (secondary N) is 3. The van der Waals surface area contributed by atoms with Crippen LogP contribution in [0.15, 0.2) is 27.8 Å². The molecule has 8 heteroatoms. The van der Waals surface area contributed by atoms with Crippen LogP contribution in [0.25, 0.3) is 0 Å². The van der Waals surface area contributed by atoms with E-state index in [-0.39, 0.29) is 11.9 Å². The highest BCUT2D eigenvalue weighted by molar-refractivity contribution is 5.91. The summed E-state index contributed by atoms with van der Waals surface area (Å²) >= 11 is 0. The number of furan rings is 1. The summed E-state index contributed by atoms with van der Waals surface area (Å²) in [6.45, 7) is 7.25. The van der Waals surface area contributed by atoms with Gasteiger partial charge in [-0.1, -0.05) is 0 Å². The van der Waals surface area contributed by atoms with Gasteiger partial charge in [0, 0.05) is 38.9 Å². The molecule has 0 aliphatic heterocycles. The van der Waals surface area contributed by atoms with E-state index < -0.39 is 0 Å². The summed E-state index contributed by atoms with van der Waals surface area (Å²) in [5.41, 5.74) is 3.50. The van der Waals surface area contributed by atoms with Gasteiger partial charge in [0.25, 0.3) is 5.91 Å². The molecule has 2 rings (SSSR count). The Labute approximate surface area is 154 Å². The van der Waals surface area contributed by atoms with E-state index in [2.05, 4.69) is 39.9 Å². The van der Waals surface area contributed by atoms with Crippen LogP contribution in [0.1, 0.15) is 34.4 Å². The molecule has 8 nitrogen and oxygen atoms in total. The van der Waals surface area contributed by atoms with Gasteiger partial charge in [-0.15, -0.1) is 0 Å². The van der Waals surface area contributed by atoms with Crippen molar-refractivity contribution in [3.05, 3.63) is 41.1 Å². The van der Waals surface area contributed by atoms with E-state index in [1.807, 2.05) is 18.7 Å². The predicted molar refractivity (Wildman–Crippen MR) is 101 cm³/mol. The van der Waals surface area contributed by atoms with Gasteiger partial charge in [0.15, 0.2) is 11.7 Å². The first-order chi connectivity index (χ1) is 12.4. The summed E-state index contributed by atoms with van der Waals surface area (Å²) in [6, 6.07) is 3.51. The van der Waals surface area contributed by atoms with Crippen LogP contribution in [-0.2, 0) is 13.5 Å². The maximum atomic E-state index is 11.8. The van der Waals surface area contributed by atoms with Crippen LogP contribution in [0.5, 0.6) is 0 Å². The van der Waals surface area contributed by atoms with Crippen molar-refractivity contribution in [2.75, 3.05) is 20.1 Å². The number of carbonyl (C=O) groups is 1. The average molecular weight is 360 g/mol. The average Bonchev–Trinajstić information content (AvgIpc) is 3.22. The molecule has 0 aliphatic rings. The number of hydrogen-bond acceptors (Lipinski definition) is 4. The molecule has 0 saturated carbocycles. The quantitative estimate of drug-likeness (QED) is 0.391. The first kappa shape index (κ1) is 19.6. The van der Waals surface area contributed by atoms with Crippen LogP contribution < -0.4 is 16.0 Å². The van der Waals surface area contributed by atoms with Crippen LogP contribution in [-0.4, -0.2) is 47.8 Å². The largest absolute Gasteiger partial charge is 0.459 e. The molecule has 2 aromatic rings. The van der Waals surface area contributed by atoms with Crippen molar-refractivity contribution in [3.63, 3.8) is 0 Å². The molecule has 0 bridgehead atoms. The summed E-state index contributed by atoms with van der Waals surface area (Å²) in [5, 5.41) is 13.8. The van der Waals surface area contributed by atoms with Crippen molar-refractivity contribution >= 4 is 11.9 Å². The summed E-state index contributed by atoms with van der Waals surface area (Å²) in [6.07, 6.45) is 2.34. The van der Waals surface area contributed by atoms with Crippen molar-refractivity contribution in [1.82, 2.24) is 25.7 Å². The minimum absolute atomic E-state index is 0.195. The Balaban J connectivity index is 1.75. The third-order valence-corrected chi connectivity index (χ3v) is 4.22. The summed E-state index contributed by atoms with van der Waals surface area (Å²) in [7, 11) is 3.69. The molecule has 26 heavy (non-hydrogen) atoms. The monoisotopic (exact) mass is 360 g/mol. The second kappa shape index (κ2) is 9.07. The number of guanidine groups is 1. The van der Waals surface area contributed by atoms with Gasteiger partial charge in [-0.25, -0.2) is 0 Å². The van der Waals surface area contributed by atoms with Gasteiger partial charge < -0.3 is 20.4 Å². The van der Waals surface area contributed by atoms with E-state index in [0.717, 1.165) is 12.1 Å². The van der Waals surface area contributed by atoms with Crippen molar-refractivity contribution < 1.29 is 9.21 Å². The van der Waals surface area contributed by atoms with E-state index >= 15 is 0 Å². The number of amides is 1. The fourth-order valence-corrected chi connectivity index (χ4v) is 2.75. The van der Waals surface area contributed by atoms with Gasteiger partial charge >= 0.3 is 0 Å². The van der Waals surface area contributed by atoms with Crippen molar-refractivity contribution in [2.24, 2.45) is 12.0 Å². The van der Waals surface area contributed by atoms with E-state index in [9.17, 15) is 4.79 Å². The maximum absolute atomic E-state index is 11.8. The molecule has 1 amide bonds. The Morgan fingerprint density at radius 2 is 2.08 bits per heavy atom. The molecule has 142 valence electrons. The van der Waals surface area contributed by atoms with Crippen LogP contribution >= 0.6 is 0 Å². The molecule has 0 saturated heterocycles. The number of hydrogen-bond donors (Lipinski definition) is 3. The summed E-state index contributed by atoms with van der Waals surface area (Å²) in [4.78, 5) is 16.0. The number of aromatic nitrogens is 2. The zero-order valence-corrected chi connectivity index (χ0v) is 16.1. The fourth-order valence-electron chi connectivity index (χ4n) is 2.75. The van der Waals surface area contributed by atoms with Gasteiger partial charge in [-0.2, -0.15) is 5.10 Å². The third-order valence-electron chi connectivity index (χ3n) is 4.22. The normalized spacial score (nSPS) is 12.7. The lowest BCUT2D eigenvalue weighted by Crippen LogP contribution is -2.45. The lowest BCUT2D eigenvalue weighted by molar-refractivity contribution is 0.0926. The third kappa shape index (κ3) is 5.11. The van der Waals surface area contributed by atoms with Gasteiger partial charge in [-0.3, -0.25) is 14.5 Å². The topological polar surface area (TPSA) is 96.5 Å². The minimum Gasteiger partial charge on any atom is -0.459 e. The van der Waals surface area contributed by atoms with Gasteiger partial charge in [0.1, 0.15) is 0 Å². The Morgan fingerprint density at radius 1 is 1.35 bits per heavy atom. The number of carbonyl (C=O) groups excluding carboxylic acids is 1. The molecule has 0 aromatic carbocycles. The van der Waals surface area contributed by atoms with E-state index in [1.165, 1.54) is 17.5 Å². The molecule has 1 unspecified atom stereocenters.